The van der Waals surface area contributed by atoms with Crippen LogP contribution in [0.4, 0.5) is 0 Å². The fourth-order valence-electron chi connectivity index (χ4n) is 2.38. The van der Waals surface area contributed by atoms with Crippen LogP contribution in [0.5, 0.6) is 0 Å². The van der Waals surface area contributed by atoms with E-state index in [0.717, 1.165) is 35.5 Å². The Hall–Kier alpha value is -1.57. The van der Waals surface area contributed by atoms with Gasteiger partial charge in [0.2, 0.25) is 0 Å². The Bertz CT molecular complexity index is 637. The topological polar surface area (TPSA) is 65.1 Å². The number of aromatic nitrogens is 2. The molecule has 1 aliphatic carbocycles. The summed E-state index contributed by atoms with van der Waals surface area (Å²) in [5.41, 5.74) is 2.17. The second-order valence-electron chi connectivity index (χ2n) is 5.77. The number of imidazole rings is 1. The molecule has 124 valence electrons. The highest BCUT2D eigenvalue weighted by Gasteiger charge is 2.33. The van der Waals surface area contributed by atoms with Crippen molar-refractivity contribution < 1.29 is 0 Å². The fraction of sp³-hybridized carbons (Fsp3) is 0.412. The second-order valence-corrected chi connectivity index (χ2v) is 5.77. The third kappa shape index (κ3) is 4.95. The van der Waals surface area contributed by atoms with Gasteiger partial charge in [-0.1, -0.05) is 37.3 Å². The molecular weight excluding hydrogens is 401 g/mol. The molecule has 0 radical (unpaired) electrons. The van der Waals surface area contributed by atoms with Gasteiger partial charge in [-0.2, -0.15) is 0 Å². The summed E-state index contributed by atoms with van der Waals surface area (Å²) < 4.78 is 0. The molecule has 1 aromatic heterocycles. The van der Waals surface area contributed by atoms with E-state index in [0.29, 0.717) is 12.6 Å². The minimum absolute atomic E-state index is 0. The monoisotopic (exact) mass is 425 g/mol. The predicted octanol–water partition coefficient (Wildman–Crippen LogP) is 3.16. The van der Waals surface area contributed by atoms with E-state index in [4.69, 9.17) is 0 Å². The summed E-state index contributed by atoms with van der Waals surface area (Å²) in [5, 5.41) is 6.73. The Morgan fingerprint density at radius 1 is 1.35 bits per heavy atom. The standard InChI is InChI=1S/C17H23N5.HI/c1-3-18-17(22-14-9-12(14)2)20-11-16-19-10-15(21-16)13-7-5-4-6-8-13;/h4-8,10,12,14H,3,9,11H2,1-2H3,(H,19,21)(H2,18,20,22);1H. The summed E-state index contributed by atoms with van der Waals surface area (Å²) in [7, 11) is 0. The number of benzene rings is 1. The molecule has 0 spiro atoms. The smallest absolute Gasteiger partial charge is 0.191 e. The highest BCUT2D eigenvalue weighted by Crippen LogP contribution is 2.28. The fourth-order valence-corrected chi connectivity index (χ4v) is 2.38. The number of hydrogen-bond donors (Lipinski definition) is 3. The van der Waals surface area contributed by atoms with Crippen molar-refractivity contribution in [2.45, 2.75) is 32.9 Å². The van der Waals surface area contributed by atoms with E-state index in [-0.39, 0.29) is 24.0 Å². The van der Waals surface area contributed by atoms with Crippen molar-refractivity contribution in [3.63, 3.8) is 0 Å². The SMILES string of the molecule is CCNC(=NCc1ncc(-c2ccccc2)[nH]1)NC1CC1C.I. The molecule has 1 heterocycles. The normalized spacial score (nSPS) is 19.8. The number of nitrogens with zero attached hydrogens (tertiary/aromatic N) is 2. The van der Waals surface area contributed by atoms with Gasteiger partial charge in [0.15, 0.2) is 5.96 Å². The first-order valence-corrected chi connectivity index (χ1v) is 7.90. The zero-order valence-electron chi connectivity index (χ0n) is 13.5. The van der Waals surface area contributed by atoms with Crippen molar-refractivity contribution in [1.82, 2.24) is 20.6 Å². The van der Waals surface area contributed by atoms with Crippen LogP contribution in [-0.4, -0.2) is 28.5 Å². The van der Waals surface area contributed by atoms with Crippen LogP contribution >= 0.6 is 24.0 Å². The van der Waals surface area contributed by atoms with Gasteiger partial charge in [0.25, 0.3) is 0 Å². The lowest BCUT2D eigenvalue weighted by molar-refractivity contribution is 0.763. The average molecular weight is 425 g/mol. The highest BCUT2D eigenvalue weighted by atomic mass is 127. The molecule has 1 fully saturated rings. The predicted molar refractivity (Wildman–Crippen MR) is 105 cm³/mol. The van der Waals surface area contributed by atoms with Crippen LogP contribution in [0.2, 0.25) is 0 Å². The van der Waals surface area contributed by atoms with Crippen LogP contribution in [0.25, 0.3) is 11.3 Å². The van der Waals surface area contributed by atoms with Gasteiger partial charge >= 0.3 is 0 Å². The largest absolute Gasteiger partial charge is 0.357 e. The van der Waals surface area contributed by atoms with Gasteiger partial charge in [-0.25, -0.2) is 9.98 Å². The van der Waals surface area contributed by atoms with E-state index < -0.39 is 0 Å². The molecule has 1 saturated carbocycles. The van der Waals surface area contributed by atoms with E-state index in [2.05, 4.69) is 51.6 Å². The van der Waals surface area contributed by atoms with E-state index in [1.165, 1.54) is 6.42 Å². The molecule has 0 bridgehead atoms. The van der Waals surface area contributed by atoms with Crippen molar-refractivity contribution in [1.29, 1.82) is 0 Å². The molecule has 1 aromatic carbocycles. The third-order valence-electron chi connectivity index (χ3n) is 3.88. The molecular formula is C17H24IN5. The first-order chi connectivity index (χ1) is 10.8. The summed E-state index contributed by atoms with van der Waals surface area (Å²) in [6.07, 6.45) is 3.09. The number of guanidine groups is 1. The lowest BCUT2D eigenvalue weighted by Crippen LogP contribution is -2.39. The summed E-state index contributed by atoms with van der Waals surface area (Å²) >= 11 is 0. The molecule has 3 N–H and O–H groups in total. The van der Waals surface area contributed by atoms with Gasteiger partial charge in [0.05, 0.1) is 11.9 Å². The van der Waals surface area contributed by atoms with Crippen LogP contribution in [0.1, 0.15) is 26.1 Å². The van der Waals surface area contributed by atoms with E-state index >= 15 is 0 Å². The summed E-state index contributed by atoms with van der Waals surface area (Å²) in [4.78, 5) is 12.4. The van der Waals surface area contributed by atoms with Crippen LogP contribution in [0.15, 0.2) is 41.5 Å². The van der Waals surface area contributed by atoms with E-state index in [9.17, 15) is 0 Å². The zero-order chi connectivity index (χ0) is 15.4. The van der Waals surface area contributed by atoms with Crippen molar-refractivity contribution in [2.24, 2.45) is 10.9 Å². The highest BCUT2D eigenvalue weighted by molar-refractivity contribution is 14.0. The number of hydrogen-bond acceptors (Lipinski definition) is 2. The second kappa shape index (κ2) is 8.33. The average Bonchev–Trinajstić information content (AvgIpc) is 3.03. The van der Waals surface area contributed by atoms with Gasteiger partial charge in [0, 0.05) is 12.6 Å². The summed E-state index contributed by atoms with van der Waals surface area (Å²) in [5.74, 6) is 2.49. The Morgan fingerprint density at radius 3 is 2.74 bits per heavy atom. The van der Waals surface area contributed by atoms with Crippen molar-refractivity contribution in [3.05, 3.63) is 42.4 Å². The number of halogens is 1. The molecule has 6 heteroatoms. The minimum Gasteiger partial charge on any atom is -0.357 e. The molecule has 0 aliphatic heterocycles. The molecule has 2 aromatic rings. The molecule has 0 amide bonds. The molecule has 0 saturated heterocycles. The molecule has 3 rings (SSSR count). The first-order valence-electron chi connectivity index (χ1n) is 7.90. The third-order valence-corrected chi connectivity index (χ3v) is 3.88. The Balaban J connectivity index is 0.00000192. The zero-order valence-corrected chi connectivity index (χ0v) is 15.9. The van der Waals surface area contributed by atoms with Gasteiger partial charge in [-0.15, -0.1) is 24.0 Å². The molecule has 2 atom stereocenters. The Kier molecular flexibility index (Phi) is 6.44. The molecule has 5 nitrogen and oxygen atoms in total. The number of aliphatic imine (C=N–C) groups is 1. The van der Waals surface area contributed by atoms with Gasteiger partial charge in [0.1, 0.15) is 12.4 Å². The van der Waals surface area contributed by atoms with Gasteiger partial charge < -0.3 is 15.6 Å². The number of aromatic amines is 1. The molecule has 1 aliphatic rings. The van der Waals surface area contributed by atoms with Crippen molar-refractivity contribution in [2.75, 3.05) is 6.54 Å². The number of nitrogens with one attached hydrogen (secondary N) is 3. The van der Waals surface area contributed by atoms with Crippen LogP contribution in [0.3, 0.4) is 0 Å². The first kappa shape index (κ1) is 17.8. The Morgan fingerprint density at radius 2 is 2.09 bits per heavy atom. The van der Waals surface area contributed by atoms with Crippen LogP contribution in [0, 0.1) is 5.92 Å². The van der Waals surface area contributed by atoms with Crippen molar-refractivity contribution in [3.8, 4) is 11.3 Å². The van der Waals surface area contributed by atoms with Crippen LogP contribution in [-0.2, 0) is 6.54 Å². The van der Waals surface area contributed by atoms with E-state index in [1.54, 1.807) is 0 Å². The maximum absolute atomic E-state index is 4.61. The lowest BCUT2D eigenvalue weighted by atomic mass is 10.2. The van der Waals surface area contributed by atoms with Gasteiger partial charge in [-0.3, -0.25) is 0 Å². The quantitative estimate of drug-likeness (QED) is 0.392. The number of H-pyrrole nitrogens is 1. The minimum atomic E-state index is 0. The maximum atomic E-state index is 4.61. The molecule has 2 unspecified atom stereocenters. The van der Waals surface area contributed by atoms with Gasteiger partial charge in [-0.05, 0) is 24.8 Å². The maximum Gasteiger partial charge on any atom is 0.191 e. The van der Waals surface area contributed by atoms with E-state index in [1.807, 2.05) is 24.4 Å². The summed E-state index contributed by atoms with van der Waals surface area (Å²) in [6, 6.07) is 10.8. The summed E-state index contributed by atoms with van der Waals surface area (Å²) in [6.45, 7) is 5.73. The lowest BCUT2D eigenvalue weighted by Gasteiger charge is -2.10. The Labute approximate surface area is 154 Å². The molecule has 23 heavy (non-hydrogen) atoms. The van der Waals surface area contributed by atoms with Crippen molar-refractivity contribution >= 4 is 29.9 Å². The number of rotatable bonds is 5. The van der Waals surface area contributed by atoms with Crippen LogP contribution < -0.4 is 10.6 Å².